The van der Waals surface area contributed by atoms with Gasteiger partial charge in [0.1, 0.15) is 5.52 Å². The molecule has 2 aromatic heterocycles. The predicted molar refractivity (Wildman–Crippen MR) is 82.4 cm³/mol. The molecule has 2 heterocycles. The van der Waals surface area contributed by atoms with Crippen LogP contribution in [0.1, 0.15) is 5.69 Å². The van der Waals surface area contributed by atoms with Gasteiger partial charge in [-0.1, -0.05) is 39.7 Å². The maximum atomic E-state index is 6.24. The van der Waals surface area contributed by atoms with Gasteiger partial charge in [0.25, 0.3) is 0 Å². The molecule has 0 atom stereocenters. The zero-order valence-electron chi connectivity index (χ0n) is 10.2. The van der Waals surface area contributed by atoms with Gasteiger partial charge in [-0.05, 0) is 36.8 Å². The van der Waals surface area contributed by atoms with Crippen molar-refractivity contribution in [2.45, 2.75) is 6.92 Å². The van der Waals surface area contributed by atoms with Gasteiger partial charge in [-0.25, -0.2) is 0 Å². The first-order valence-corrected chi connectivity index (χ1v) is 7.00. The van der Waals surface area contributed by atoms with E-state index in [1.807, 2.05) is 31.2 Å². The fraction of sp³-hybridized carbons (Fsp3) is 0.0667. The van der Waals surface area contributed by atoms with Gasteiger partial charge >= 0.3 is 0 Å². The standard InChI is InChI=1S/C15H10BrClN2/c1-9-8-13(17)15-14(19-9)12(6-7-18-15)10-2-4-11(16)5-3-10/h2-8H,1H3. The molecular formula is C15H10BrClN2. The third-order valence-electron chi connectivity index (χ3n) is 2.93. The highest BCUT2D eigenvalue weighted by molar-refractivity contribution is 9.10. The van der Waals surface area contributed by atoms with Crippen LogP contribution in [0.5, 0.6) is 0 Å². The number of nitrogens with zero attached hydrogens (tertiary/aromatic N) is 2. The van der Waals surface area contributed by atoms with Crippen LogP contribution < -0.4 is 0 Å². The van der Waals surface area contributed by atoms with E-state index < -0.39 is 0 Å². The van der Waals surface area contributed by atoms with E-state index in [-0.39, 0.29) is 0 Å². The summed E-state index contributed by atoms with van der Waals surface area (Å²) in [6.07, 6.45) is 1.77. The minimum Gasteiger partial charge on any atom is -0.253 e. The molecule has 0 saturated carbocycles. The molecule has 0 spiro atoms. The van der Waals surface area contributed by atoms with E-state index in [9.17, 15) is 0 Å². The van der Waals surface area contributed by atoms with Gasteiger partial charge in [0.05, 0.1) is 10.5 Å². The van der Waals surface area contributed by atoms with Gasteiger partial charge in [-0.15, -0.1) is 0 Å². The zero-order valence-corrected chi connectivity index (χ0v) is 12.5. The van der Waals surface area contributed by atoms with Crippen LogP contribution in [0.3, 0.4) is 0 Å². The second-order valence-electron chi connectivity index (χ2n) is 4.31. The number of fused-ring (bicyclic) bond motifs is 1. The summed E-state index contributed by atoms with van der Waals surface area (Å²) in [5, 5.41) is 0.640. The molecule has 0 saturated heterocycles. The molecular weight excluding hydrogens is 324 g/mol. The summed E-state index contributed by atoms with van der Waals surface area (Å²) in [5.74, 6) is 0. The molecule has 4 heteroatoms. The summed E-state index contributed by atoms with van der Waals surface area (Å²) in [7, 11) is 0. The molecule has 0 radical (unpaired) electrons. The van der Waals surface area contributed by atoms with Gasteiger partial charge < -0.3 is 0 Å². The van der Waals surface area contributed by atoms with E-state index in [0.717, 1.165) is 32.3 Å². The number of hydrogen-bond donors (Lipinski definition) is 0. The van der Waals surface area contributed by atoms with Crippen molar-refractivity contribution in [3.8, 4) is 11.1 Å². The molecule has 0 fully saturated rings. The topological polar surface area (TPSA) is 25.8 Å². The molecule has 0 N–H and O–H groups in total. The summed E-state index contributed by atoms with van der Waals surface area (Å²) < 4.78 is 1.05. The van der Waals surface area contributed by atoms with E-state index in [1.54, 1.807) is 6.20 Å². The first kappa shape index (κ1) is 12.6. The Hall–Kier alpha value is -1.45. The normalized spacial score (nSPS) is 10.9. The molecule has 19 heavy (non-hydrogen) atoms. The molecule has 3 aromatic rings. The number of halogens is 2. The van der Waals surface area contributed by atoms with Crippen LogP contribution in [-0.4, -0.2) is 9.97 Å². The average Bonchev–Trinajstić information content (AvgIpc) is 2.39. The van der Waals surface area contributed by atoms with Crippen molar-refractivity contribution in [2.24, 2.45) is 0 Å². The van der Waals surface area contributed by atoms with Crippen LogP contribution in [-0.2, 0) is 0 Å². The molecule has 1 aromatic carbocycles. The SMILES string of the molecule is Cc1cc(Cl)c2nccc(-c3ccc(Br)cc3)c2n1. The molecule has 2 nitrogen and oxygen atoms in total. The fourth-order valence-electron chi connectivity index (χ4n) is 2.06. The number of hydrogen-bond acceptors (Lipinski definition) is 2. The molecule has 0 bridgehead atoms. The molecule has 0 unspecified atom stereocenters. The Morgan fingerprint density at radius 1 is 1.05 bits per heavy atom. The molecule has 3 rings (SSSR count). The van der Waals surface area contributed by atoms with E-state index in [1.165, 1.54) is 0 Å². The number of aryl methyl sites for hydroxylation is 1. The third kappa shape index (κ3) is 2.36. The quantitative estimate of drug-likeness (QED) is 0.625. The fourth-order valence-corrected chi connectivity index (χ4v) is 2.63. The number of benzene rings is 1. The Kier molecular flexibility index (Phi) is 3.25. The predicted octanol–water partition coefficient (Wildman–Crippen LogP) is 5.02. The summed E-state index contributed by atoms with van der Waals surface area (Å²) in [4.78, 5) is 8.90. The van der Waals surface area contributed by atoms with Gasteiger partial charge in [-0.3, -0.25) is 9.97 Å². The molecule has 0 aliphatic heterocycles. The summed E-state index contributed by atoms with van der Waals surface area (Å²) in [5.41, 5.74) is 4.62. The van der Waals surface area contributed by atoms with E-state index in [2.05, 4.69) is 38.0 Å². The van der Waals surface area contributed by atoms with Crippen LogP contribution in [0, 0.1) is 6.92 Å². The van der Waals surface area contributed by atoms with E-state index >= 15 is 0 Å². The van der Waals surface area contributed by atoms with Crippen molar-refractivity contribution in [3.05, 3.63) is 57.8 Å². The Bertz CT molecular complexity index is 754. The highest BCUT2D eigenvalue weighted by atomic mass is 79.9. The van der Waals surface area contributed by atoms with Crippen molar-refractivity contribution < 1.29 is 0 Å². The highest BCUT2D eigenvalue weighted by Crippen LogP contribution is 2.30. The first-order chi connectivity index (χ1) is 9.15. The maximum Gasteiger partial charge on any atom is 0.108 e. The van der Waals surface area contributed by atoms with Crippen molar-refractivity contribution in [3.63, 3.8) is 0 Å². The molecule has 0 aliphatic carbocycles. The Morgan fingerprint density at radius 2 is 1.79 bits per heavy atom. The van der Waals surface area contributed by atoms with Gasteiger partial charge in [-0.2, -0.15) is 0 Å². The Morgan fingerprint density at radius 3 is 2.53 bits per heavy atom. The van der Waals surface area contributed by atoms with Crippen LogP contribution in [0.2, 0.25) is 5.02 Å². The lowest BCUT2D eigenvalue weighted by Gasteiger charge is -2.07. The molecule has 0 aliphatic rings. The maximum absolute atomic E-state index is 6.24. The second-order valence-corrected chi connectivity index (χ2v) is 5.63. The Labute approximate surface area is 124 Å². The van der Waals surface area contributed by atoms with Crippen LogP contribution in [0.4, 0.5) is 0 Å². The summed E-state index contributed by atoms with van der Waals surface area (Å²) >= 11 is 9.68. The summed E-state index contributed by atoms with van der Waals surface area (Å²) in [6.45, 7) is 1.93. The molecule has 0 amide bonds. The van der Waals surface area contributed by atoms with E-state index in [0.29, 0.717) is 5.02 Å². The number of rotatable bonds is 1. The van der Waals surface area contributed by atoms with Gasteiger partial charge in [0.15, 0.2) is 0 Å². The monoisotopic (exact) mass is 332 g/mol. The van der Waals surface area contributed by atoms with Crippen molar-refractivity contribution in [2.75, 3.05) is 0 Å². The van der Waals surface area contributed by atoms with E-state index in [4.69, 9.17) is 11.6 Å². The minimum atomic E-state index is 0.640. The summed E-state index contributed by atoms with van der Waals surface area (Å²) in [6, 6.07) is 11.9. The third-order valence-corrected chi connectivity index (χ3v) is 3.75. The number of aromatic nitrogens is 2. The lowest BCUT2D eigenvalue weighted by atomic mass is 10.0. The minimum absolute atomic E-state index is 0.640. The van der Waals surface area contributed by atoms with Crippen molar-refractivity contribution in [1.82, 2.24) is 9.97 Å². The average molecular weight is 334 g/mol. The van der Waals surface area contributed by atoms with Crippen molar-refractivity contribution >= 4 is 38.6 Å². The largest absolute Gasteiger partial charge is 0.253 e. The van der Waals surface area contributed by atoms with Crippen LogP contribution in [0.15, 0.2) is 47.1 Å². The number of pyridine rings is 2. The van der Waals surface area contributed by atoms with Gasteiger partial charge in [0, 0.05) is 21.9 Å². The second kappa shape index (κ2) is 4.91. The smallest absolute Gasteiger partial charge is 0.108 e. The lowest BCUT2D eigenvalue weighted by Crippen LogP contribution is -1.91. The molecule has 94 valence electrons. The Balaban J connectivity index is 2.32. The van der Waals surface area contributed by atoms with Crippen LogP contribution >= 0.6 is 27.5 Å². The van der Waals surface area contributed by atoms with Crippen molar-refractivity contribution in [1.29, 1.82) is 0 Å². The zero-order chi connectivity index (χ0) is 13.4. The first-order valence-electron chi connectivity index (χ1n) is 5.83. The highest BCUT2D eigenvalue weighted by Gasteiger charge is 2.09. The van der Waals surface area contributed by atoms with Crippen LogP contribution in [0.25, 0.3) is 22.2 Å². The lowest BCUT2D eigenvalue weighted by molar-refractivity contribution is 1.24. The van der Waals surface area contributed by atoms with Gasteiger partial charge in [0.2, 0.25) is 0 Å².